The number of nitrogens with one attached hydrogen (secondary N) is 1. The van der Waals surface area contributed by atoms with Crippen LogP contribution in [0.25, 0.3) is 0 Å². The molecule has 0 saturated carbocycles. The molecule has 1 aliphatic heterocycles. The van der Waals surface area contributed by atoms with Crippen molar-refractivity contribution < 1.29 is 27.6 Å². The van der Waals surface area contributed by atoms with Crippen LogP contribution in [0.2, 0.25) is 0 Å². The van der Waals surface area contributed by atoms with E-state index in [0.717, 1.165) is 17.0 Å². The Hall–Kier alpha value is -3.42. The molecule has 1 fully saturated rings. The number of benzene rings is 2. The second-order valence-corrected chi connectivity index (χ2v) is 7.18. The number of carbonyl (C=O) groups excluding carboxylic acids is 3. The quantitative estimate of drug-likeness (QED) is 0.598. The third kappa shape index (κ3) is 3.38. The summed E-state index contributed by atoms with van der Waals surface area (Å²) in [5.41, 5.74) is -1.37. The van der Waals surface area contributed by atoms with Crippen molar-refractivity contribution in [3.8, 4) is 0 Å². The van der Waals surface area contributed by atoms with Gasteiger partial charge in [-0.15, -0.1) is 0 Å². The highest BCUT2D eigenvalue weighted by Gasteiger charge is 2.48. The number of allylic oxidation sites excluding steroid dienone is 2. The Labute approximate surface area is 170 Å². The van der Waals surface area contributed by atoms with Crippen molar-refractivity contribution in [1.82, 2.24) is 0 Å². The number of anilines is 2. The summed E-state index contributed by atoms with van der Waals surface area (Å²) >= 11 is 0. The molecule has 1 heterocycles. The van der Waals surface area contributed by atoms with E-state index in [2.05, 4.69) is 5.32 Å². The van der Waals surface area contributed by atoms with Gasteiger partial charge in [-0.2, -0.15) is 13.2 Å². The molecule has 30 heavy (non-hydrogen) atoms. The van der Waals surface area contributed by atoms with Gasteiger partial charge in [0.1, 0.15) is 0 Å². The largest absolute Gasteiger partial charge is 0.418 e. The van der Waals surface area contributed by atoms with Gasteiger partial charge in [-0.3, -0.25) is 14.4 Å². The van der Waals surface area contributed by atoms with Crippen LogP contribution in [0.3, 0.4) is 0 Å². The zero-order chi connectivity index (χ0) is 21.5. The first kappa shape index (κ1) is 19.9. The number of carbonyl (C=O) groups is 3. The molecule has 154 valence electrons. The molecule has 5 nitrogen and oxygen atoms in total. The first-order valence-electron chi connectivity index (χ1n) is 9.38. The molecule has 2 atom stereocenters. The molecule has 0 aromatic heterocycles. The van der Waals surface area contributed by atoms with Gasteiger partial charge in [-0.05, 0) is 37.1 Å². The summed E-state index contributed by atoms with van der Waals surface area (Å²) < 4.78 is 39.7. The summed E-state index contributed by atoms with van der Waals surface area (Å²) in [4.78, 5) is 39.6. The number of fused-ring (bicyclic) bond motifs is 1. The molecular formula is C22H17F3N2O3. The van der Waals surface area contributed by atoms with Gasteiger partial charge in [0.25, 0.3) is 5.91 Å². The van der Waals surface area contributed by atoms with E-state index < -0.39 is 47.0 Å². The highest BCUT2D eigenvalue weighted by atomic mass is 19.4. The highest BCUT2D eigenvalue weighted by molar-refractivity contribution is 6.25. The average Bonchev–Trinajstić information content (AvgIpc) is 2.98. The molecule has 0 bridgehead atoms. The number of para-hydroxylation sites is 2. The maximum atomic E-state index is 13.2. The SMILES string of the molecule is O=C(Nc1ccccc1C(F)(F)F)c1ccccc1N1C(=O)[C@H]2CC=CC[C@@H]2C1=O. The molecule has 8 heteroatoms. The zero-order valence-electron chi connectivity index (χ0n) is 15.6. The van der Waals surface area contributed by atoms with Crippen molar-refractivity contribution in [2.75, 3.05) is 10.2 Å². The fraction of sp³-hybridized carbons (Fsp3) is 0.227. The van der Waals surface area contributed by atoms with Gasteiger partial charge < -0.3 is 5.32 Å². The van der Waals surface area contributed by atoms with Crippen LogP contribution in [-0.4, -0.2) is 17.7 Å². The van der Waals surface area contributed by atoms with E-state index in [1.165, 1.54) is 30.3 Å². The van der Waals surface area contributed by atoms with Crippen LogP contribution in [0.5, 0.6) is 0 Å². The number of alkyl halides is 3. The molecule has 4 rings (SSSR count). The molecule has 1 N–H and O–H groups in total. The molecule has 3 amide bonds. The van der Waals surface area contributed by atoms with E-state index in [9.17, 15) is 27.6 Å². The van der Waals surface area contributed by atoms with Gasteiger partial charge in [0.15, 0.2) is 0 Å². The Morgan fingerprint density at radius 3 is 2.10 bits per heavy atom. The summed E-state index contributed by atoms with van der Waals surface area (Å²) in [6.07, 6.45) is -0.0594. The Morgan fingerprint density at radius 2 is 1.47 bits per heavy atom. The Morgan fingerprint density at radius 1 is 0.900 bits per heavy atom. The van der Waals surface area contributed by atoms with Crippen LogP contribution >= 0.6 is 0 Å². The van der Waals surface area contributed by atoms with E-state index in [1.54, 1.807) is 6.07 Å². The van der Waals surface area contributed by atoms with Crippen LogP contribution in [0, 0.1) is 11.8 Å². The van der Waals surface area contributed by atoms with Crippen molar-refractivity contribution in [2.24, 2.45) is 11.8 Å². The Bertz CT molecular complexity index is 1040. The number of nitrogens with zero attached hydrogens (tertiary/aromatic N) is 1. The van der Waals surface area contributed by atoms with Crippen molar-refractivity contribution >= 4 is 29.1 Å². The first-order valence-corrected chi connectivity index (χ1v) is 9.38. The maximum absolute atomic E-state index is 13.2. The van der Waals surface area contributed by atoms with Gasteiger partial charge in [0.2, 0.25) is 11.8 Å². The number of hydrogen-bond acceptors (Lipinski definition) is 3. The first-order chi connectivity index (χ1) is 14.3. The summed E-state index contributed by atoms with van der Waals surface area (Å²) in [5, 5.41) is 2.27. The number of rotatable bonds is 3. The van der Waals surface area contributed by atoms with Gasteiger partial charge in [-0.25, -0.2) is 4.90 Å². The van der Waals surface area contributed by atoms with E-state index in [4.69, 9.17) is 0 Å². The zero-order valence-corrected chi connectivity index (χ0v) is 15.6. The minimum atomic E-state index is -4.65. The fourth-order valence-electron chi connectivity index (χ4n) is 3.93. The Balaban J connectivity index is 1.68. The number of imide groups is 1. The van der Waals surface area contributed by atoms with Crippen LogP contribution in [0.1, 0.15) is 28.8 Å². The summed E-state index contributed by atoms with van der Waals surface area (Å²) in [5.74, 6) is -2.60. The second-order valence-electron chi connectivity index (χ2n) is 7.18. The molecule has 1 aliphatic carbocycles. The normalized spacial score (nSPS) is 21.0. The molecule has 0 spiro atoms. The van der Waals surface area contributed by atoms with E-state index in [-0.39, 0.29) is 11.3 Å². The lowest BCUT2D eigenvalue weighted by Gasteiger charge is -2.19. The lowest BCUT2D eigenvalue weighted by atomic mass is 9.85. The van der Waals surface area contributed by atoms with Crippen molar-refractivity contribution in [2.45, 2.75) is 19.0 Å². The van der Waals surface area contributed by atoms with Crippen molar-refractivity contribution in [3.63, 3.8) is 0 Å². The molecule has 0 unspecified atom stereocenters. The molecular weight excluding hydrogens is 397 g/mol. The predicted molar refractivity (Wildman–Crippen MR) is 104 cm³/mol. The van der Waals surface area contributed by atoms with E-state index in [0.29, 0.717) is 12.8 Å². The van der Waals surface area contributed by atoms with Gasteiger partial charge in [-0.1, -0.05) is 36.4 Å². The monoisotopic (exact) mass is 414 g/mol. The number of amides is 3. The fourth-order valence-corrected chi connectivity index (χ4v) is 3.93. The molecule has 1 saturated heterocycles. The molecule has 2 aliphatic rings. The highest BCUT2D eigenvalue weighted by Crippen LogP contribution is 2.39. The third-order valence-electron chi connectivity index (χ3n) is 5.38. The molecule has 0 radical (unpaired) electrons. The lowest BCUT2D eigenvalue weighted by molar-refractivity contribution is -0.137. The summed E-state index contributed by atoms with van der Waals surface area (Å²) in [7, 11) is 0. The average molecular weight is 414 g/mol. The van der Waals surface area contributed by atoms with Crippen molar-refractivity contribution in [3.05, 3.63) is 71.8 Å². The lowest BCUT2D eigenvalue weighted by Crippen LogP contribution is -2.33. The molecule has 2 aromatic carbocycles. The summed E-state index contributed by atoms with van der Waals surface area (Å²) in [6.45, 7) is 0. The van der Waals surface area contributed by atoms with Crippen LogP contribution < -0.4 is 10.2 Å². The van der Waals surface area contributed by atoms with Gasteiger partial charge in [0, 0.05) is 0 Å². The van der Waals surface area contributed by atoms with Crippen molar-refractivity contribution in [1.29, 1.82) is 0 Å². The van der Waals surface area contributed by atoms with Crippen LogP contribution in [-0.2, 0) is 15.8 Å². The van der Waals surface area contributed by atoms with Gasteiger partial charge >= 0.3 is 6.18 Å². The molecule has 2 aromatic rings. The van der Waals surface area contributed by atoms with Gasteiger partial charge in [0.05, 0.1) is 34.3 Å². The predicted octanol–water partition coefficient (Wildman–Crippen LogP) is 4.41. The van der Waals surface area contributed by atoms with E-state index >= 15 is 0 Å². The van der Waals surface area contributed by atoms with E-state index in [1.807, 2.05) is 12.2 Å². The topological polar surface area (TPSA) is 66.5 Å². The van der Waals surface area contributed by atoms with Crippen LogP contribution in [0.15, 0.2) is 60.7 Å². The number of hydrogen-bond donors (Lipinski definition) is 1. The smallest absolute Gasteiger partial charge is 0.321 e. The Kier molecular flexibility index (Phi) is 4.93. The number of halogens is 3. The van der Waals surface area contributed by atoms with Crippen LogP contribution in [0.4, 0.5) is 24.5 Å². The minimum absolute atomic E-state index is 0.0530. The minimum Gasteiger partial charge on any atom is -0.321 e. The standard InChI is InChI=1S/C22H17F3N2O3/c23-22(24,25)16-10-4-5-11-17(16)26-19(28)15-9-3-6-12-18(15)27-20(29)13-7-1-2-8-14(13)21(27)30/h1-6,9-14H,7-8H2,(H,26,28)/t13-,14-/m0/s1. The second kappa shape index (κ2) is 7.44. The third-order valence-corrected chi connectivity index (χ3v) is 5.38. The summed E-state index contributed by atoms with van der Waals surface area (Å²) in [6, 6.07) is 10.5. The maximum Gasteiger partial charge on any atom is 0.418 e.